The lowest BCUT2D eigenvalue weighted by Gasteiger charge is -2.18. The normalized spacial score (nSPS) is 12.7. The Bertz CT molecular complexity index is 1250. The van der Waals surface area contributed by atoms with Gasteiger partial charge in [-0.1, -0.05) is 234 Å². The molecular formula is C58H98O6. The molecule has 366 valence electrons. The first kappa shape index (κ1) is 60.6. The SMILES string of the molecule is CC/C=C\C/C=C\C/C=C\C/C=C\C/C=C\CC(=O)OC(COC(=O)CCCCCCC/C=C\C/C=C\CCCCC)COC(=O)CCCCCCCCCCCCCCCCCC. The van der Waals surface area contributed by atoms with Gasteiger partial charge in [-0.15, -0.1) is 0 Å². The molecule has 1 unspecified atom stereocenters. The summed E-state index contributed by atoms with van der Waals surface area (Å²) in [6, 6.07) is 0. The summed E-state index contributed by atoms with van der Waals surface area (Å²) in [4.78, 5) is 38.0. The summed E-state index contributed by atoms with van der Waals surface area (Å²) >= 11 is 0. The Morgan fingerprint density at radius 2 is 0.656 bits per heavy atom. The summed E-state index contributed by atoms with van der Waals surface area (Å²) in [7, 11) is 0. The number of unbranched alkanes of at least 4 members (excludes halogenated alkanes) is 23. The summed E-state index contributed by atoms with van der Waals surface area (Å²) in [6.45, 7) is 6.41. The molecule has 0 aromatic heterocycles. The fourth-order valence-electron chi connectivity index (χ4n) is 7.19. The first-order chi connectivity index (χ1) is 31.5. The van der Waals surface area contributed by atoms with Gasteiger partial charge in [0.05, 0.1) is 6.42 Å². The largest absolute Gasteiger partial charge is 0.462 e. The van der Waals surface area contributed by atoms with Crippen molar-refractivity contribution in [1.29, 1.82) is 0 Å². The third-order valence-electron chi connectivity index (χ3n) is 11.2. The van der Waals surface area contributed by atoms with Crippen molar-refractivity contribution in [3.05, 3.63) is 85.1 Å². The first-order valence-corrected chi connectivity index (χ1v) is 26.6. The summed E-state index contributed by atoms with van der Waals surface area (Å²) in [5, 5.41) is 0. The Morgan fingerprint density at radius 1 is 0.344 bits per heavy atom. The standard InChI is InChI=1S/C58H98O6/c1-4-7-10-13-16-19-22-25-28-31-33-36-39-42-45-48-51-57(60)63-54-55(64-58(61)52-49-46-43-40-37-34-30-27-24-21-18-15-12-9-6-3)53-62-56(59)50-47-44-41-38-35-32-29-26-23-20-17-14-11-8-5-2/h9,12,17-18,20-21,26-27,29-30,37,40,46,49,55H,4-8,10-11,13-16,19,22-25,28,31-36,38-39,41-45,47-48,50-54H2,1-3H3/b12-9-,20-17-,21-18-,29-26-,30-27-,40-37-,49-46-. The van der Waals surface area contributed by atoms with Gasteiger partial charge in [-0.25, -0.2) is 0 Å². The van der Waals surface area contributed by atoms with Crippen molar-refractivity contribution in [3.63, 3.8) is 0 Å². The Balaban J connectivity index is 4.51. The van der Waals surface area contributed by atoms with E-state index in [9.17, 15) is 14.4 Å². The first-order valence-electron chi connectivity index (χ1n) is 26.6. The number of hydrogen-bond donors (Lipinski definition) is 0. The van der Waals surface area contributed by atoms with Crippen LogP contribution in [-0.4, -0.2) is 37.2 Å². The van der Waals surface area contributed by atoms with E-state index in [4.69, 9.17) is 14.2 Å². The van der Waals surface area contributed by atoms with Crippen LogP contribution in [0.2, 0.25) is 0 Å². The van der Waals surface area contributed by atoms with Crippen LogP contribution in [0.1, 0.15) is 245 Å². The van der Waals surface area contributed by atoms with Crippen molar-refractivity contribution < 1.29 is 28.6 Å². The summed E-state index contributed by atoms with van der Waals surface area (Å²) < 4.78 is 16.7. The van der Waals surface area contributed by atoms with Crippen molar-refractivity contribution in [3.8, 4) is 0 Å². The van der Waals surface area contributed by atoms with E-state index in [2.05, 4.69) is 93.7 Å². The molecule has 6 nitrogen and oxygen atoms in total. The molecule has 0 amide bonds. The number of carbonyl (C=O) groups excluding carboxylic acids is 3. The Kier molecular flexibility index (Phi) is 49.4. The highest BCUT2D eigenvalue weighted by Gasteiger charge is 2.19. The molecule has 0 aliphatic carbocycles. The number of ether oxygens (including phenoxy) is 3. The van der Waals surface area contributed by atoms with Gasteiger partial charge < -0.3 is 14.2 Å². The molecule has 0 aromatic rings. The molecular weight excluding hydrogens is 793 g/mol. The van der Waals surface area contributed by atoms with E-state index in [1.165, 1.54) is 109 Å². The summed E-state index contributed by atoms with van der Waals surface area (Å²) in [6.07, 6.45) is 67.3. The average molecular weight is 891 g/mol. The second-order valence-corrected chi connectivity index (χ2v) is 17.4. The summed E-state index contributed by atoms with van der Waals surface area (Å²) in [5.41, 5.74) is 0. The highest BCUT2D eigenvalue weighted by molar-refractivity contribution is 5.72. The predicted molar refractivity (Wildman–Crippen MR) is 274 cm³/mol. The molecule has 0 saturated heterocycles. The van der Waals surface area contributed by atoms with E-state index in [0.717, 1.165) is 96.3 Å². The van der Waals surface area contributed by atoms with Crippen LogP contribution in [-0.2, 0) is 28.6 Å². The van der Waals surface area contributed by atoms with Gasteiger partial charge >= 0.3 is 17.9 Å². The zero-order valence-electron chi connectivity index (χ0n) is 41.8. The highest BCUT2D eigenvalue weighted by Crippen LogP contribution is 2.15. The Hall–Kier alpha value is -3.41. The van der Waals surface area contributed by atoms with Crippen LogP contribution in [0.25, 0.3) is 0 Å². The minimum absolute atomic E-state index is 0.0943. The monoisotopic (exact) mass is 891 g/mol. The van der Waals surface area contributed by atoms with Crippen LogP contribution in [0.5, 0.6) is 0 Å². The zero-order chi connectivity index (χ0) is 46.5. The predicted octanol–water partition coefficient (Wildman–Crippen LogP) is 17.6. The number of esters is 3. The fourth-order valence-corrected chi connectivity index (χ4v) is 7.19. The van der Waals surface area contributed by atoms with E-state index >= 15 is 0 Å². The van der Waals surface area contributed by atoms with Gasteiger partial charge in [-0.05, 0) is 77.0 Å². The van der Waals surface area contributed by atoms with Gasteiger partial charge in [-0.2, -0.15) is 0 Å². The maximum atomic E-state index is 12.7. The van der Waals surface area contributed by atoms with E-state index in [0.29, 0.717) is 12.8 Å². The van der Waals surface area contributed by atoms with Gasteiger partial charge in [0.15, 0.2) is 6.10 Å². The smallest absolute Gasteiger partial charge is 0.310 e. The van der Waals surface area contributed by atoms with Crippen LogP contribution in [0.3, 0.4) is 0 Å². The molecule has 0 saturated carbocycles. The minimum Gasteiger partial charge on any atom is -0.462 e. The third kappa shape index (κ3) is 49.6. The van der Waals surface area contributed by atoms with E-state index < -0.39 is 12.1 Å². The molecule has 0 N–H and O–H groups in total. The molecule has 64 heavy (non-hydrogen) atoms. The molecule has 0 rings (SSSR count). The third-order valence-corrected chi connectivity index (χ3v) is 11.2. The molecule has 0 bridgehead atoms. The van der Waals surface area contributed by atoms with Crippen LogP contribution >= 0.6 is 0 Å². The lowest BCUT2D eigenvalue weighted by molar-refractivity contribution is -0.166. The molecule has 0 fully saturated rings. The lowest BCUT2D eigenvalue weighted by atomic mass is 10.0. The van der Waals surface area contributed by atoms with Gasteiger partial charge in [-0.3, -0.25) is 14.4 Å². The molecule has 0 heterocycles. The quantitative estimate of drug-likeness (QED) is 0.0262. The highest BCUT2D eigenvalue weighted by atomic mass is 16.6. The number of hydrogen-bond acceptors (Lipinski definition) is 6. The Morgan fingerprint density at radius 3 is 1.06 bits per heavy atom. The minimum atomic E-state index is -0.835. The molecule has 0 aromatic carbocycles. The van der Waals surface area contributed by atoms with Crippen molar-refractivity contribution >= 4 is 17.9 Å². The second kappa shape index (κ2) is 52.2. The fraction of sp³-hybridized carbons (Fsp3) is 0.707. The molecule has 0 aliphatic heterocycles. The number of rotatable bonds is 47. The lowest BCUT2D eigenvalue weighted by Crippen LogP contribution is -2.30. The van der Waals surface area contributed by atoms with Crippen molar-refractivity contribution in [2.24, 2.45) is 0 Å². The van der Waals surface area contributed by atoms with Gasteiger partial charge in [0.1, 0.15) is 13.2 Å². The average Bonchev–Trinajstić information content (AvgIpc) is 3.29. The molecule has 6 heteroatoms. The zero-order valence-corrected chi connectivity index (χ0v) is 41.8. The number of carbonyl (C=O) groups is 3. The van der Waals surface area contributed by atoms with Crippen LogP contribution < -0.4 is 0 Å². The molecule has 0 aliphatic rings. The van der Waals surface area contributed by atoms with Crippen LogP contribution in [0.4, 0.5) is 0 Å². The van der Waals surface area contributed by atoms with Gasteiger partial charge in [0.2, 0.25) is 0 Å². The molecule has 0 radical (unpaired) electrons. The Labute approximate surface area is 395 Å². The maximum absolute atomic E-state index is 12.7. The van der Waals surface area contributed by atoms with E-state index in [-0.39, 0.29) is 31.6 Å². The van der Waals surface area contributed by atoms with Gasteiger partial charge in [0.25, 0.3) is 0 Å². The second-order valence-electron chi connectivity index (χ2n) is 17.4. The summed E-state index contributed by atoms with van der Waals surface area (Å²) in [5.74, 6) is -1.06. The molecule has 0 spiro atoms. The van der Waals surface area contributed by atoms with Crippen molar-refractivity contribution in [2.45, 2.75) is 252 Å². The van der Waals surface area contributed by atoms with Gasteiger partial charge in [0, 0.05) is 12.8 Å². The van der Waals surface area contributed by atoms with Crippen LogP contribution in [0, 0.1) is 0 Å². The van der Waals surface area contributed by atoms with E-state index in [1.807, 2.05) is 6.08 Å². The van der Waals surface area contributed by atoms with Crippen LogP contribution in [0.15, 0.2) is 85.1 Å². The van der Waals surface area contributed by atoms with E-state index in [1.54, 1.807) is 6.08 Å². The molecule has 1 atom stereocenters. The van der Waals surface area contributed by atoms with Crippen molar-refractivity contribution in [2.75, 3.05) is 13.2 Å². The van der Waals surface area contributed by atoms with Crippen molar-refractivity contribution in [1.82, 2.24) is 0 Å². The number of allylic oxidation sites excluding steroid dienone is 13. The topological polar surface area (TPSA) is 78.9 Å². The maximum Gasteiger partial charge on any atom is 0.310 e.